The first-order valence-corrected chi connectivity index (χ1v) is 8.44. The Bertz CT molecular complexity index is 865. The monoisotopic (exact) mass is 384 g/mol. The number of carbonyl (C=O) groups excluding carboxylic acids is 1. The molecule has 0 saturated carbocycles. The molecule has 1 amide bonds. The number of carboxylic acids is 1. The Morgan fingerprint density at radius 1 is 1.37 bits per heavy atom. The van der Waals surface area contributed by atoms with Crippen LogP contribution in [0, 0.1) is 11.8 Å². The fourth-order valence-electron chi connectivity index (χ4n) is 3.40. The number of aromatic nitrogens is 2. The minimum absolute atomic E-state index is 0.0168. The van der Waals surface area contributed by atoms with Crippen LogP contribution in [0.25, 0.3) is 11.0 Å². The molecule has 3 N–H and O–H groups in total. The van der Waals surface area contributed by atoms with Gasteiger partial charge in [-0.2, -0.15) is 13.2 Å². The van der Waals surface area contributed by atoms with Crippen molar-refractivity contribution in [1.29, 1.82) is 0 Å². The number of rotatable bonds is 4. The summed E-state index contributed by atoms with van der Waals surface area (Å²) in [6.07, 6.45) is -4.00. The molecule has 1 aliphatic heterocycles. The number of likely N-dealkylation sites (tertiary alicyclic amines) is 1. The van der Waals surface area contributed by atoms with E-state index in [9.17, 15) is 27.9 Å². The predicted octanol–water partition coefficient (Wildman–Crippen LogP) is 2.56. The van der Waals surface area contributed by atoms with E-state index in [1.165, 1.54) is 18.2 Å². The highest BCUT2D eigenvalue weighted by atomic mass is 19.4. The van der Waals surface area contributed by atoms with Gasteiger partial charge in [0, 0.05) is 18.8 Å². The van der Waals surface area contributed by atoms with Crippen molar-refractivity contribution in [2.75, 3.05) is 25.0 Å². The maximum absolute atomic E-state index is 12.7. The van der Waals surface area contributed by atoms with Crippen LogP contribution in [0.1, 0.15) is 19.2 Å². The number of aromatic amines is 1. The second kappa shape index (κ2) is 7.18. The van der Waals surface area contributed by atoms with E-state index in [0.717, 1.165) is 0 Å². The number of carboxylic acid groups (broad SMARTS) is 1. The number of hydrogen-bond acceptors (Lipinski definition) is 4. The summed E-state index contributed by atoms with van der Waals surface area (Å²) >= 11 is 0. The van der Waals surface area contributed by atoms with Crippen molar-refractivity contribution in [3.63, 3.8) is 0 Å². The number of nitrogens with zero attached hydrogens (tertiary/aromatic N) is 2. The Hall–Kier alpha value is -2.62. The maximum Gasteiger partial charge on any atom is 0.449 e. The first kappa shape index (κ1) is 19.2. The molecule has 2 heterocycles. The van der Waals surface area contributed by atoms with Gasteiger partial charge in [-0.15, -0.1) is 0 Å². The van der Waals surface area contributed by atoms with Crippen molar-refractivity contribution in [1.82, 2.24) is 14.9 Å². The van der Waals surface area contributed by atoms with E-state index < -0.39 is 23.9 Å². The number of anilines is 1. The zero-order chi connectivity index (χ0) is 19.8. The summed E-state index contributed by atoms with van der Waals surface area (Å²) in [5, 5.41) is 11.8. The SMILES string of the molecule is CC1CC(C(=O)O)CN(CC(=O)Nc2ccc3nc(C(F)(F)F)[nH]c3c2)C1. The molecule has 0 radical (unpaired) electrons. The number of aliphatic carboxylic acids is 1. The molecule has 146 valence electrons. The molecule has 2 unspecified atom stereocenters. The third-order valence-electron chi connectivity index (χ3n) is 4.49. The lowest BCUT2D eigenvalue weighted by Crippen LogP contribution is -2.45. The lowest BCUT2D eigenvalue weighted by molar-refractivity contribution is -0.145. The lowest BCUT2D eigenvalue weighted by Gasteiger charge is -2.34. The highest BCUT2D eigenvalue weighted by molar-refractivity contribution is 5.94. The van der Waals surface area contributed by atoms with Crippen molar-refractivity contribution in [2.24, 2.45) is 11.8 Å². The van der Waals surface area contributed by atoms with Crippen molar-refractivity contribution in [2.45, 2.75) is 19.5 Å². The third-order valence-corrected chi connectivity index (χ3v) is 4.49. The summed E-state index contributed by atoms with van der Waals surface area (Å²) in [6, 6.07) is 4.24. The minimum atomic E-state index is -4.58. The largest absolute Gasteiger partial charge is 0.481 e. The van der Waals surface area contributed by atoms with Crippen molar-refractivity contribution in [3.8, 4) is 0 Å². The quantitative estimate of drug-likeness (QED) is 0.753. The molecule has 1 saturated heterocycles. The predicted molar refractivity (Wildman–Crippen MR) is 91.1 cm³/mol. The highest BCUT2D eigenvalue weighted by Gasteiger charge is 2.34. The van der Waals surface area contributed by atoms with Crippen LogP contribution in [0.5, 0.6) is 0 Å². The van der Waals surface area contributed by atoms with Gasteiger partial charge < -0.3 is 15.4 Å². The molecule has 2 aromatic rings. The number of imidazole rings is 1. The summed E-state index contributed by atoms with van der Waals surface area (Å²) in [6.45, 7) is 2.86. The van der Waals surface area contributed by atoms with Gasteiger partial charge in [-0.3, -0.25) is 14.5 Å². The van der Waals surface area contributed by atoms with Gasteiger partial charge in [0.25, 0.3) is 0 Å². The molecule has 0 aliphatic carbocycles. The summed E-state index contributed by atoms with van der Waals surface area (Å²) in [5.41, 5.74) is 0.650. The van der Waals surface area contributed by atoms with Crippen molar-refractivity contribution < 1.29 is 27.9 Å². The summed E-state index contributed by atoms with van der Waals surface area (Å²) < 4.78 is 38.1. The molecule has 1 aromatic carbocycles. The molecule has 1 aliphatic rings. The van der Waals surface area contributed by atoms with Gasteiger partial charge in [0.1, 0.15) is 0 Å². The Kier molecular flexibility index (Phi) is 5.09. The van der Waals surface area contributed by atoms with Gasteiger partial charge in [0.05, 0.1) is 23.5 Å². The standard InChI is InChI=1S/C17H19F3N4O3/c1-9-4-10(15(26)27)7-24(6-9)8-14(25)21-11-2-3-12-13(5-11)23-16(22-12)17(18,19)20/h2-3,5,9-10H,4,6-8H2,1H3,(H,21,25)(H,22,23)(H,26,27). The zero-order valence-electron chi connectivity index (χ0n) is 14.5. The average molecular weight is 384 g/mol. The smallest absolute Gasteiger partial charge is 0.449 e. The number of nitrogens with one attached hydrogen (secondary N) is 2. The molecule has 1 aromatic heterocycles. The van der Waals surface area contributed by atoms with Gasteiger partial charge in [-0.05, 0) is 30.5 Å². The Labute approximate surface area is 152 Å². The second-order valence-corrected chi connectivity index (χ2v) is 6.93. The normalized spacial score (nSPS) is 21.3. The molecule has 0 bridgehead atoms. The number of amides is 1. The molecular formula is C17H19F3N4O3. The Morgan fingerprint density at radius 3 is 2.78 bits per heavy atom. The van der Waals surface area contributed by atoms with Crippen LogP contribution in [-0.2, 0) is 15.8 Å². The Balaban J connectivity index is 1.66. The van der Waals surface area contributed by atoms with Gasteiger partial charge in [-0.25, -0.2) is 4.98 Å². The zero-order valence-corrected chi connectivity index (χ0v) is 14.5. The van der Waals surface area contributed by atoms with E-state index in [1.54, 1.807) is 4.90 Å². The van der Waals surface area contributed by atoms with Gasteiger partial charge in [0.15, 0.2) is 0 Å². The topological polar surface area (TPSA) is 98.3 Å². The fourth-order valence-corrected chi connectivity index (χ4v) is 3.40. The summed E-state index contributed by atoms with van der Waals surface area (Å²) in [7, 11) is 0. The van der Waals surface area contributed by atoms with Crippen LogP contribution >= 0.6 is 0 Å². The first-order chi connectivity index (χ1) is 12.6. The van der Waals surface area contributed by atoms with E-state index in [2.05, 4.69) is 15.3 Å². The second-order valence-electron chi connectivity index (χ2n) is 6.93. The number of hydrogen-bond donors (Lipinski definition) is 3. The van der Waals surface area contributed by atoms with Gasteiger partial charge in [-0.1, -0.05) is 6.92 Å². The van der Waals surface area contributed by atoms with E-state index in [0.29, 0.717) is 25.2 Å². The van der Waals surface area contributed by atoms with Gasteiger partial charge >= 0.3 is 12.1 Å². The number of piperidine rings is 1. The van der Waals surface area contributed by atoms with Crippen LogP contribution in [0.3, 0.4) is 0 Å². The van der Waals surface area contributed by atoms with Crippen LogP contribution in [0.2, 0.25) is 0 Å². The van der Waals surface area contributed by atoms with E-state index >= 15 is 0 Å². The molecule has 7 nitrogen and oxygen atoms in total. The van der Waals surface area contributed by atoms with E-state index in [1.807, 2.05) is 6.92 Å². The van der Waals surface area contributed by atoms with E-state index in [-0.39, 0.29) is 29.4 Å². The Morgan fingerprint density at radius 2 is 2.11 bits per heavy atom. The molecule has 1 fully saturated rings. The highest BCUT2D eigenvalue weighted by Crippen LogP contribution is 2.29. The lowest BCUT2D eigenvalue weighted by atomic mass is 9.90. The maximum atomic E-state index is 12.7. The van der Waals surface area contributed by atoms with E-state index in [4.69, 9.17) is 0 Å². The number of fused-ring (bicyclic) bond motifs is 1. The number of carbonyl (C=O) groups is 2. The number of benzene rings is 1. The summed E-state index contributed by atoms with van der Waals surface area (Å²) in [4.78, 5) is 30.9. The first-order valence-electron chi connectivity index (χ1n) is 8.44. The molecule has 0 spiro atoms. The van der Waals surface area contributed by atoms with Gasteiger partial charge in [0.2, 0.25) is 11.7 Å². The molecular weight excluding hydrogens is 365 g/mol. The molecule has 2 atom stereocenters. The van der Waals surface area contributed by atoms with Crippen LogP contribution in [0.4, 0.5) is 18.9 Å². The molecule has 3 rings (SSSR count). The third kappa shape index (κ3) is 4.57. The fraction of sp³-hybridized carbons (Fsp3) is 0.471. The summed E-state index contributed by atoms with van der Waals surface area (Å²) in [5.74, 6) is -2.68. The average Bonchev–Trinajstić information content (AvgIpc) is 2.97. The van der Waals surface area contributed by atoms with Crippen LogP contribution in [-0.4, -0.2) is 51.5 Å². The van der Waals surface area contributed by atoms with Crippen molar-refractivity contribution >= 4 is 28.6 Å². The number of halogens is 3. The van der Waals surface area contributed by atoms with Crippen LogP contribution < -0.4 is 5.32 Å². The molecule has 10 heteroatoms. The number of H-pyrrole nitrogens is 1. The number of alkyl halides is 3. The van der Waals surface area contributed by atoms with Crippen molar-refractivity contribution in [3.05, 3.63) is 24.0 Å². The molecule has 27 heavy (non-hydrogen) atoms. The van der Waals surface area contributed by atoms with Crippen LogP contribution in [0.15, 0.2) is 18.2 Å². The minimum Gasteiger partial charge on any atom is -0.481 e.